The summed E-state index contributed by atoms with van der Waals surface area (Å²) >= 11 is 12.1. The molecule has 2 heterocycles. The molecule has 1 aromatic carbocycles. The molecule has 0 atom stereocenters. The Morgan fingerprint density at radius 2 is 1.86 bits per heavy atom. The Morgan fingerprint density at radius 1 is 1.14 bits per heavy atom. The number of anilines is 1. The van der Waals surface area contributed by atoms with E-state index in [1.165, 1.54) is 0 Å². The second-order valence-corrected chi connectivity index (χ2v) is 8.09. The number of hydrogen-bond acceptors (Lipinski definition) is 4. The molecule has 1 aliphatic heterocycles. The third-order valence-electron chi connectivity index (χ3n) is 4.71. The van der Waals surface area contributed by atoms with E-state index in [9.17, 15) is 4.79 Å². The zero-order chi connectivity index (χ0) is 20.3. The first-order valence-corrected chi connectivity index (χ1v) is 10.2. The lowest BCUT2D eigenvalue weighted by Crippen LogP contribution is -2.52. The summed E-state index contributed by atoms with van der Waals surface area (Å²) in [5.74, 6) is 2.07. The van der Waals surface area contributed by atoms with Gasteiger partial charge >= 0.3 is 6.03 Å². The van der Waals surface area contributed by atoms with Crippen molar-refractivity contribution in [3.63, 3.8) is 0 Å². The molecule has 1 N–H and O–H groups in total. The van der Waals surface area contributed by atoms with Crippen LogP contribution in [0.25, 0.3) is 0 Å². The zero-order valence-corrected chi connectivity index (χ0v) is 17.9. The van der Waals surface area contributed by atoms with Crippen molar-refractivity contribution in [3.8, 4) is 0 Å². The molecule has 3 rings (SSSR count). The number of halogens is 2. The predicted molar refractivity (Wildman–Crippen MR) is 113 cm³/mol. The lowest BCUT2D eigenvalue weighted by Gasteiger charge is -2.35. The van der Waals surface area contributed by atoms with Crippen LogP contribution in [-0.2, 0) is 6.54 Å². The number of amides is 2. The third kappa shape index (κ3) is 5.06. The maximum atomic E-state index is 12.5. The van der Waals surface area contributed by atoms with Gasteiger partial charge in [0.25, 0.3) is 0 Å². The Balaban J connectivity index is 1.55. The normalized spacial score (nSPS) is 14.5. The maximum Gasteiger partial charge on any atom is 0.317 e. The van der Waals surface area contributed by atoms with Crippen LogP contribution in [0.1, 0.15) is 36.8 Å². The minimum Gasteiger partial charge on any atom is -0.353 e. The van der Waals surface area contributed by atoms with Crippen molar-refractivity contribution in [2.75, 3.05) is 31.1 Å². The molecule has 0 bridgehead atoms. The number of nitrogens with one attached hydrogen (secondary N) is 1. The number of nitrogens with zero attached hydrogens (tertiary/aromatic N) is 4. The van der Waals surface area contributed by atoms with Crippen LogP contribution in [-0.4, -0.2) is 47.1 Å². The Morgan fingerprint density at radius 3 is 2.50 bits per heavy atom. The molecule has 0 spiro atoms. The Kier molecular flexibility index (Phi) is 6.62. The topological polar surface area (TPSA) is 61.4 Å². The number of piperazine rings is 1. The van der Waals surface area contributed by atoms with Gasteiger partial charge < -0.3 is 15.1 Å². The number of carbonyl (C=O) groups is 1. The fourth-order valence-corrected chi connectivity index (χ4v) is 3.56. The summed E-state index contributed by atoms with van der Waals surface area (Å²) in [6.07, 6.45) is 0. The van der Waals surface area contributed by atoms with E-state index < -0.39 is 0 Å². The van der Waals surface area contributed by atoms with Crippen molar-refractivity contribution in [2.24, 2.45) is 0 Å². The highest BCUT2D eigenvalue weighted by Crippen LogP contribution is 2.21. The van der Waals surface area contributed by atoms with E-state index in [2.05, 4.69) is 34.0 Å². The minimum absolute atomic E-state index is 0.0904. The van der Waals surface area contributed by atoms with Crippen LogP contribution in [0.5, 0.6) is 0 Å². The highest BCUT2D eigenvalue weighted by atomic mass is 35.5. The summed E-state index contributed by atoms with van der Waals surface area (Å²) < 4.78 is 0. The van der Waals surface area contributed by atoms with Crippen LogP contribution in [0.2, 0.25) is 10.0 Å². The molecule has 2 aromatic rings. The largest absolute Gasteiger partial charge is 0.353 e. The molecule has 2 amide bonds. The summed E-state index contributed by atoms with van der Waals surface area (Å²) in [6, 6.07) is 7.19. The second-order valence-electron chi connectivity index (χ2n) is 7.25. The summed E-state index contributed by atoms with van der Waals surface area (Å²) in [6.45, 7) is 9.30. The van der Waals surface area contributed by atoms with Gasteiger partial charge in [0, 0.05) is 60.4 Å². The quantitative estimate of drug-likeness (QED) is 0.801. The fourth-order valence-electron chi connectivity index (χ4n) is 3.08. The maximum absolute atomic E-state index is 12.5. The van der Waals surface area contributed by atoms with Crippen LogP contribution in [0, 0.1) is 6.92 Å². The van der Waals surface area contributed by atoms with E-state index >= 15 is 0 Å². The highest BCUT2D eigenvalue weighted by molar-refractivity contribution is 6.35. The molecule has 6 nitrogen and oxygen atoms in total. The molecule has 1 aliphatic rings. The number of rotatable bonds is 4. The van der Waals surface area contributed by atoms with Gasteiger partial charge in [0.15, 0.2) is 0 Å². The van der Waals surface area contributed by atoms with Gasteiger partial charge in [0.1, 0.15) is 11.6 Å². The van der Waals surface area contributed by atoms with Gasteiger partial charge in [-0.3, -0.25) is 0 Å². The molecule has 28 heavy (non-hydrogen) atoms. The van der Waals surface area contributed by atoms with Gasteiger partial charge in [0.05, 0.1) is 0 Å². The zero-order valence-electron chi connectivity index (χ0n) is 16.4. The van der Waals surface area contributed by atoms with Crippen LogP contribution >= 0.6 is 23.2 Å². The Labute approximate surface area is 175 Å². The molecule has 0 saturated carbocycles. The molecule has 1 saturated heterocycles. The monoisotopic (exact) mass is 421 g/mol. The summed E-state index contributed by atoms with van der Waals surface area (Å²) in [5, 5.41) is 4.07. The van der Waals surface area contributed by atoms with Crippen molar-refractivity contribution in [1.82, 2.24) is 20.2 Å². The predicted octanol–water partition coefficient (Wildman–Crippen LogP) is 4.25. The van der Waals surface area contributed by atoms with Gasteiger partial charge in [-0.2, -0.15) is 0 Å². The van der Waals surface area contributed by atoms with E-state index in [1.54, 1.807) is 12.1 Å². The van der Waals surface area contributed by atoms with Crippen LogP contribution < -0.4 is 10.2 Å². The standard InChI is InChI=1S/C20H25Cl2N5O/c1-13(2)19-24-14(3)10-18(25-19)26-6-8-27(9-7-26)20(28)23-12-15-4-5-16(21)11-17(15)22/h4-5,10-11,13H,6-9,12H2,1-3H3,(H,23,28). The number of aryl methyl sites for hydroxylation is 1. The van der Waals surface area contributed by atoms with Crippen molar-refractivity contribution >= 4 is 35.1 Å². The van der Waals surface area contributed by atoms with Crippen molar-refractivity contribution in [2.45, 2.75) is 33.2 Å². The molecule has 1 fully saturated rings. The number of carbonyl (C=O) groups excluding carboxylic acids is 1. The molecular formula is C20H25Cl2N5O. The molecule has 0 radical (unpaired) electrons. The molecule has 150 valence electrons. The van der Waals surface area contributed by atoms with Gasteiger partial charge in [-0.05, 0) is 24.6 Å². The van der Waals surface area contributed by atoms with Crippen molar-refractivity contribution < 1.29 is 4.79 Å². The molecular weight excluding hydrogens is 397 g/mol. The van der Waals surface area contributed by atoms with E-state index in [0.717, 1.165) is 36.0 Å². The number of benzene rings is 1. The number of aromatic nitrogens is 2. The fraction of sp³-hybridized carbons (Fsp3) is 0.450. The first-order chi connectivity index (χ1) is 13.3. The van der Waals surface area contributed by atoms with Crippen molar-refractivity contribution in [1.29, 1.82) is 0 Å². The molecule has 8 heteroatoms. The SMILES string of the molecule is Cc1cc(N2CCN(C(=O)NCc3ccc(Cl)cc3Cl)CC2)nc(C(C)C)n1. The van der Waals surface area contributed by atoms with E-state index in [-0.39, 0.29) is 11.9 Å². The summed E-state index contributed by atoms with van der Waals surface area (Å²) in [7, 11) is 0. The Bertz CT molecular complexity index is 850. The average molecular weight is 422 g/mol. The molecule has 0 unspecified atom stereocenters. The first kappa shape index (κ1) is 20.7. The van der Waals surface area contributed by atoms with E-state index in [0.29, 0.717) is 29.7 Å². The summed E-state index contributed by atoms with van der Waals surface area (Å²) in [5.41, 5.74) is 1.81. The molecule has 1 aromatic heterocycles. The third-order valence-corrected chi connectivity index (χ3v) is 5.30. The van der Waals surface area contributed by atoms with Crippen LogP contribution in [0.4, 0.5) is 10.6 Å². The first-order valence-electron chi connectivity index (χ1n) is 9.40. The lowest BCUT2D eigenvalue weighted by molar-refractivity contribution is 0.194. The Hall–Kier alpha value is -2.05. The van der Waals surface area contributed by atoms with E-state index in [1.807, 2.05) is 24.0 Å². The molecule has 0 aliphatic carbocycles. The smallest absolute Gasteiger partial charge is 0.317 e. The lowest BCUT2D eigenvalue weighted by atomic mass is 10.2. The summed E-state index contributed by atoms with van der Waals surface area (Å²) in [4.78, 5) is 25.7. The highest BCUT2D eigenvalue weighted by Gasteiger charge is 2.22. The van der Waals surface area contributed by atoms with Gasteiger partial charge in [-0.1, -0.05) is 43.1 Å². The van der Waals surface area contributed by atoms with Gasteiger partial charge in [-0.25, -0.2) is 14.8 Å². The number of urea groups is 1. The number of hydrogen-bond donors (Lipinski definition) is 1. The van der Waals surface area contributed by atoms with Crippen molar-refractivity contribution in [3.05, 3.63) is 51.4 Å². The van der Waals surface area contributed by atoms with Gasteiger partial charge in [0.2, 0.25) is 0 Å². The average Bonchev–Trinajstić information content (AvgIpc) is 2.66. The minimum atomic E-state index is -0.0904. The van der Waals surface area contributed by atoms with E-state index in [4.69, 9.17) is 23.2 Å². The van der Waals surface area contributed by atoms with Crippen LogP contribution in [0.3, 0.4) is 0 Å². The van der Waals surface area contributed by atoms with Gasteiger partial charge in [-0.15, -0.1) is 0 Å². The van der Waals surface area contributed by atoms with Crippen LogP contribution in [0.15, 0.2) is 24.3 Å². The second kappa shape index (κ2) is 8.97.